The third-order valence-electron chi connectivity index (χ3n) is 5.32. The molecule has 1 fully saturated rings. The second-order valence-electron chi connectivity index (χ2n) is 7.46. The van der Waals surface area contributed by atoms with E-state index in [-0.39, 0.29) is 18.4 Å². The first-order valence-electron chi connectivity index (χ1n) is 10.4. The van der Waals surface area contributed by atoms with Crippen molar-refractivity contribution in [3.05, 3.63) is 48.0 Å². The quantitative estimate of drug-likeness (QED) is 0.653. The second-order valence-corrected chi connectivity index (χ2v) is 7.46. The molecule has 0 saturated carbocycles. The lowest BCUT2D eigenvalue weighted by Gasteiger charge is -2.28. The van der Waals surface area contributed by atoms with E-state index in [0.717, 1.165) is 37.5 Å². The fourth-order valence-electron chi connectivity index (χ4n) is 3.62. The summed E-state index contributed by atoms with van der Waals surface area (Å²) in [5.74, 6) is -0.501. The van der Waals surface area contributed by atoms with E-state index in [2.05, 4.69) is 20.5 Å². The summed E-state index contributed by atoms with van der Waals surface area (Å²) >= 11 is 0. The highest BCUT2D eigenvalue weighted by atomic mass is 16.5. The first-order valence-corrected chi connectivity index (χ1v) is 10.4. The summed E-state index contributed by atoms with van der Waals surface area (Å²) < 4.78 is 7.14. The zero-order chi connectivity index (χ0) is 21.8. The van der Waals surface area contributed by atoms with Crippen LogP contribution in [0.3, 0.4) is 0 Å². The molecule has 9 heteroatoms. The van der Waals surface area contributed by atoms with Gasteiger partial charge in [0.25, 0.3) is 5.91 Å². The number of carbonyl (C=O) groups is 2. The van der Waals surface area contributed by atoms with Crippen molar-refractivity contribution in [1.29, 1.82) is 0 Å². The van der Waals surface area contributed by atoms with Crippen LogP contribution in [0, 0.1) is 0 Å². The predicted octanol–water partition coefficient (Wildman–Crippen LogP) is 2.00. The fraction of sp³-hybridized carbons (Fsp3) is 0.364. The van der Waals surface area contributed by atoms with Gasteiger partial charge in [0.15, 0.2) is 0 Å². The Bertz CT molecular complexity index is 1070. The van der Waals surface area contributed by atoms with Crippen molar-refractivity contribution in [3.8, 4) is 0 Å². The third kappa shape index (κ3) is 4.66. The second kappa shape index (κ2) is 9.13. The molecule has 162 valence electrons. The molecule has 1 N–H and O–H groups in total. The molecule has 1 saturated heterocycles. The number of fused-ring (bicyclic) bond motifs is 1. The van der Waals surface area contributed by atoms with Crippen molar-refractivity contribution in [3.63, 3.8) is 0 Å². The van der Waals surface area contributed by atoms with Crippen molar-refractivity contribution in [1.82, 2.24) is 19.9 Å². The summed E-state index contributed by atoms with van der Waals surface area (Å²) in [5.41, 5.74) is 3.80. The first-order chi connectivity index (χ1) is 15.0. The normalized spacial score (nSPS) is 13.9. The number of benzene rings is 2. The number of carbonyl (C=O) groups excluding carboxylic acids is 2. The zero-order valence-electron chi connectivity index (χ0n) is 17.7. The Morgan fingerprint density at radius 3 is 2.58 bits per heavy atom. The Kier molecular flexibility index (Phi) is 6.13. The molecule has 0 bridgehead atoms. The number of likely N-dealkylation sites (N-methyl/N-ethyl adjacent to an activating group) is 1. The number of aromatic nitrogens is 3. The van der Waals surface area contributed by atoms with Crippen molar-refractivity contribution in [2.75, 3.05) is 50.1 Å². The molecule has 31 heavy (non-hydrogen) atoms. The number of aryl methyl sites for hydroxylation is 1. The summed E-state index contributed by atoms with van der Waals surface area (Å²) in [6.07, 6.45) is 0. The van der Waals surface area contributed by atoms with Crippen LogP contribution in [0.25, 0.3) is 11.0 Å². The van der Waals surface area contributed by atoms with E-state index >= 15 is 0 Å². The van der Waals surface area contributed by atoms with Crippen LogP contribution in [0.4, 0.5) is 11.4 Å². The van der Waals surface area contributed by atoms with Crippen LogP contribution >= 0.6 is 0 Å². The fourth-order valence-corrected chi connectivity index (χ4v) is 3.62. The third-order valence-corrected chi connectivity index (χ3v) is 5.32. The van der Waals surface area contributed by atoms with Crippen LogP contribution in [0.5, 0.6) is 0 Å². The van der Waals surface area contributed by atoms with Gasteiger partial charge in [0.05, 0.1) is 25.3 Å². The average molecular weight is 422 g/mol. The van der Waals surface area contributed by atoms with Crippen LogP contribution in [0.2, 0.25) is 0 Å². The Morgan fingerprint density at radius 1 is 1.13 bits per heavy atom. The molecule has 2 heterocycles. The number of ether oxygens (including phenoxy) is 1. The van der Waals surface area contributed by atoms with E-state index in [0.29, 0.717) is 23.3 Å². The topological polar surface area (TPSA) is 92.6 Å². The van der Waals surface area contributed by atoms with Gasteiger partial charge in [-0.05, 0) is 49.4 Å². The Labute approximate surface area is 180 Å². The van der Waals surface area contributed by atoms with E-state index in [9.17, 15) is 9.59 Å². The molecule has 0 radical (unpaired) electrons. The predicted molar refractivity (Wildman–Crippen MR) is 118 cm³/mol. The number of hydrogen-bond acceptors (Lipinski definition) is 6. The van der Waals surface area contributed by atoms with Gasteiger partial charge in [-0.1, -0.05) is 5.21 Å². The van der Waals surface area contributed by atoms with Gasteiger partial charge >= 0.3 is 0 Å². The molecule has 0 aliphatic carbocycles. The molecule has 4 rings (SSSR count). The number of amides is 2. The van der Waals surface area contributed by atoms with Crippen molar-refractivity contribution >= 4 is 34.2 Å². The lowest BCUT2D eigenvalue weighted by Crippen LogP contribution is -2.36. The molecule has 0 unspecified atom stereocenters. The maximum atomic E-state index is 12.7. The molecule has 0 spiro atoms. The average Bonchev–Trinajstić information content (AvgIpc) is 3.22. The number of morpholine rings is 1. The number of rotatable bonds is 6. The van der Waals surface area contributed by atoms with Crippen LogP contribution in [0.1, 0.15) is 17.3 Å². The standard InChI is InChI=1S/C22H26N6O3/c1-3-28-20-9-4-16(14-19(20)24-25-28)22(30)26(2)15-21(29)23-17-5-7-18(8-6-17)27-10-12-31-13-11-27/h4-9,14H,3,10-13,15H2,1-2H3,(H,23,29). The maximum Gasteiger partial charge on any atom is 0.254 e. The molecular formula is C22H26N6O3. The SMILES string of the molecule is CCn1nnc2cc(C(=O)N(C)CC(=O)Nc3ccc(N4CCOCC4)cc3)ccc21. The lowest BCUT2D eigenvalue weighted by atomic mass is 10.1. The van der Waals surface area contributed by atoms with E-state index in [1.54, 1.807) is 23.9 Å². The molecule has 9 nitrogen and oxygen atoms in total. The van der Waals surface area contributed by atoms with Crippen LogP contribution in [-0.4, -0.2) is 71.6 Å². The summed E-state index contributed by atoms with van der Waals surface area (Å²) in [4.78, 5) is 28.8. The van der Waals surface area contributed by atoms with Crippen molar-refractivity contribution in [2.45, 2.75) is 13.5 Å². The molecule has 1 aliphatic rings. The Balaban J connectivity index is 1.35. The minimum absolute atomic E-state index is 0.0518. The maximum absolute atomic E-state index is 12.7. The van der Waals surface area contributed by atoms with E-state index < -0.39 is 0 Å². The van der Waals surface area contributed by atoms with Gasteiger partial charge in [0, 0.05) is 43.6 Å². The highest BCUT2D eigenvalue weighted by Gasteiger charge is 2.17. The summed E-state index contributed by atoms with van der Waals surface area (Å²) in [6, 6.07) is 13.0. The smallest absolute Gasteiger partial charge is 0.254 e. The van der Waals surface area contributed by atoms with Crippen LogP contribution < -0.4 is 10.2 Å². The van der Waals surface area contributed by atoms with E-state index in [1.165, 1.54) is 4.90 Å². The van der Waals surface area contributed by atoms with Gasteiger partial charge in [0.2, 0.25) is 5.91 Å². The van der Waals surface area contributed by atoms with Gasteiger partial charge in [-0.2, -0.15) is 0 Å². The Morgan fingerprint density at radius 2 is 1.87 bits per heavy atom. The van der Waals surface area contributed by atoms with Gasteiger partial charge in [-0.15, -0.1) is 5.10 Å². The van der Waals surface area contributed by atoms with Gasteiger partial charge in [-0.25, -0.2) is 4.68 Å². The molecule has 2 amide bonds. The van der Waals surface area contributed by atoms with Gasteiger partial charge in [-0.3, -0.25) is 9.59 Å². The molecule has 2 aromatic carbocycles. The number of nitrogens with zero attached hydrogens (tertiary/aromatic N) is 5. The minimum Gasteiger partial charge on any atom is -0.378 e. The highest BCUT2D eigenvalue weighted by molar-refractivity contribution is 6.00. The largest absolute Gasteiger partial charge is 0.378 e. The van der Waals surface area contributed by atoms with Crippen LogP contribution in [-0.2, 0) is 16.1 Å². The zero-order valence-corrected chi connectivity index (χ0v) is 17.7. The van der Waals surface area contributed by atoms with Gasteiger partial charge in [0.1, 0.15) is 5.52 Å². The van der Waals surface area contributed by atoms with E-state index in [1.807, 2.05) is 37.3 Å². The Hall–Kier alpha value is -3.46. The van der Waals surface area contributed by atoms with Crippen molar-refractivity contribution < 1.29 is 14.3 Å². The van der Waals surface area contributed by atoms with E-state index in [4.69, 9.17) is 4.74 Å². The monoisotopic (exact) mass is 422 g/mol. The highest BCUT2D eigenvalue weighted by Crippen LogP contribution is 2.19. The molecule has 0 atom stereocenters. The molecule has 1 aliphatic heterocycles. The van der Waals surface area contributed by atoms with Gasteiger partial charge < -0.3 is 19.9 Å². The summed E-state index contributed by atoms with van der Waals surface area (Å²) in [6.45, 7) is 5.81. The molecule has 1 aromatic heterocycles. The molecular weight excluding hydrogens is 396 g/mol. The number of nitrogens with one attached hydrogen (secondary N) is 1. The van der Waals surface area contributed by atoms with Crippen molar-refractivity contribution in [2.24, 2.45) is 0 Å². The first kappa shape index (κ1) is 20.8. The molecule has 3 aromatic rings. The lowest BCUT2D eigenvalue weighted by molar-refractivity contribution is -0.116. The summed E-state index contributed by atoms with van der Waals surface area (Å²) in [7, 11) is 1.61. The summed E-state index contributed by atoms with van der Waals surface area (Å²) in [5, 5.41) is 11.0. The number of hydrogen-bond donors (Lipinski definition) is 1. The number of anilines is 2. The van der Waals surface area contributed by atoms with Crippen LogP contribution in [0.15, 0.2) is 42.5 Å². The minimum atomic E-state index is -0.257.